The lowest BCUT2D eigenvalue weighted by molar-refractivity contribution is -0.152. The topological polar surface area (TPSA) is 63.7 Å². The molecule has 0 aromatic rings. The Morgan fingerprint density at radius 3 is 2.65 bits per heavy atom. The summed E-state index contributed by atoms with van der Waals surface area (Å²) in [7, 11) is 0. The lowest BCUT2D eigenvalue weighted by Crippen LogP contribution is -2.38. The van der Waals surface area contributed by atoms with Gasteiger partial charge in [-0.25, -0.2) is 0 Å². The standard InChI is InChI=1S/C11H17NO4.ClH/c1-3-16-11(15)9-7-12(8(2)13)6-4-5-10(9)14;/h9H,3-7H2,1-2H3;1H. The Morgan fingerprint density at radius 2 is 2.12 bits per heavy atom. The van der Waals surface area contributed by atoms with Gasteiger partial charge in [0.2, 0.25) is 5.91 Å². The van der Waals surface area contributed by atoms with Gasteiger partial charge in [-0.3, -0.25) is 14.4 Å². The number of Topliss-reactive ketones (excluding diaryl/α,β-unsaturated/α-hetero) is 1. The van der Waals surface area contributed by atoms with Gasteiger partial charge in [0.15, 0.2) is 0 Å². The summed E-state index contributed by atoms with van der Waals surface area (Å²) < 4.78 is 4.84. The van der Waals surface area contributed by atoms with Crippen molar-refractivity contribution in [2.75, 3.05) is 19.7 Å². The zero-order chi connectivity index (χ0) is 12.1. The number of amides is 1. The molecule has 1 amide bonds. The number of esters is 1. The van der Waals surface area contributed by atoms with Crippen LogP contribution in [0.4, 0.5) is 0 Å². The van der Waals surface area contributed by atoms with Crippen LogP contribution in [-0.2, 0) is 19.1 Å². The van der Waals surface area contributed by atoms with Crippen LogP contribution >= 0.6 is 12.4 Å². The Labute approximate surface area is 107 Å². The number of ether oxygens (including phenoxy) is 1. The van der Waals surface area contributed by atoms with E-state index in [0.29, 0.717) is 19.4 Å². The second-order valence-corrected chi connectivity index (χ2v) is 3.84. The number of ketones is 1. The third-order valence-electron chi connectivity index (χ3n) is 2.66. The van der Waals surface area contributed by atoms with E-state index in [-0.39, 0.29) is 37.2 Å². The van der Waals surface area contributed by atoms with Crippen molar-refractivity contribution in [3.63, 3.8) is 0 Å². The lowest BCUT2D eigenvalue weighted by atomic mass is 10.0. The monoisotopic (exact) mass is 263 g/mol. The predicted molar refractivity (Wildman–Crippen MR) is 63.9 cm³/mol. The molecule has 5 nitrogen and oxygen atoms in total. The molecule has 1 unspecified atom stereocenters. The minimum Gasteiger partial charge on any atom is -0.465 e. The van der Waals surface area contributed by atoms with Crippen molar-refractivity contribution in [1.82, 2.24) is 4.90 Å². The molecule has 6 heteroatoms. The molecule has 1 aliphatic heterocycles. The van der Waals surface area contributed by atoms with Crippen molar-refractivity contribution < 1.29 is 19.1 Å². The lowest BCUT2D eigenvalue weighted by Gasteiger charge is -2.21. The first-order valence-electron chi connectivity index (χ1n) is 5.51. The molecule has 0 N–H and O–H groups in total. The van der Waals surface area contributed by atoms with Gasteiger partial charge in [0.1, 0.15) is 11.7 Å². The van der Waals surface area contributed by atoms with Gasteiger partial charge >= 0.3 is 5.97 Å². The van der Waals surface area contributed by atoms with Crippen molar-refractivity contribution in [1.29, 1.82) is 0 Å². The Bertz CT molecular complexity index is 306. The molecule has 98 valence electrons. The molecule has 1 heterocycles. The Kier molecular flexibility index (Phi) is 6.80. The van der Waals surface area contributed by atoms with Crippen LogP contribution < -0.4 is 0 Å². The molecule has 0 bridgehead atoms. The van der Waals surface area contributed by atoms with Crippen molar-refractivity contribution in [3.05, 3.63) is 0 Å². The smallest absolute Gasteiger partial charge is 0.318 e. The Hall–Kier alpha value is -1.10. The van der Waals surface area contributed by atoms with Crippen LogP contribution in [0.5, 0.6) is 0 Å². The van der Waals surface area contributed by atoms with Crippen LogP contribution in [0.1, 0.15) is 26.7 Å². The Balaban J connectivity index is 0.00000256. The molecule has 0 spiro atoms. The van der Waals surface area contributed by atoms with E-state index in [4.69, 9.17) is 4.74 Å². The SMILES string of the molecule is CCOC(=O)C1CN(C(C)=O)CCCC1=O.Cl. The highest BCUT2D eigenvalue weighted by Gasteiger charge is 2.32. The number of halogens is 1. The molecule has 0 radical (unpaired) electrons. The van der Waals surface area contributed by atoms with E-state index in [1.807, 2.05) is 0 Å². The number of carbonyl (C=O) groups is 3. The second kappa shape index (κ2) is 7.27. The number of carbonyl (C=O) groups excluding carboxylic acids is 3. The third kappa shape index (κ3) is 4.34. The summed E-state index contributed by atoms with van der Waals surface area (Å²) >= 11 is 0. The molecule has 17 heavy (non-hydrogen) atoms. The molecule has 0 aromatic heterocycles. The number of nitrogens with zero attached hydrogens (tertiary/aromatic N) is 1. The van der Waals surface area contributed by atoms with Crippen LogP contribution in [0.15, 0.2) is 0 Å². The maximum atomic E-state index is 11.7. The number of rotatable bonds is 2. The second-order valence-electron chi connectivity index (χ2n) is 3.84. The van der Waals surface area contributed by atoms with Gasteiger partial charge in [-0.1, -0.05) is 0 Å². The van der Waals surface area contributed by atoms with E-state index in [2.05, 4.69) is 0 Å². The van der Waals surface area contributed by atoms with Crippen molar-refractivity contribution >= 4 is 30.1 Å². The maximum absolute atomic E-state index is 11.7. The summed E-state index contributed by atoms with van der Waals surface area (Å²) in [6, 6.07) is 0. The summed E-state index contributed by atoms with van der Waals surface area (Å²) in [5.74, 6) is -1.54. The fourth-order valence-corrected chi connectivity index (χ4v) is 1.77. The van der Waals surface area contributed by atoms with E-state index < -0.39 is 11.9 Å². The highest BCUT2D eigenvalue weighted by Crippen LogP contribution is 2.15. The van der Waals surface area contributed by atoms with Crippen LogP contribution in [0.3, 0.4) is 0 Å². The minimum atomic E-state index is -0.800. The molecule has 0 saturated carbocycles. The van der Waals surface area contributed by atoms with Gasteiger partial charge < -0.3 is 9.64 Å². The van der Waals surface area contributed by atoms with Crippen molar-refractivity contribution in [2.24, 2.45) is 5.92 Å². The summed E-state index contributed by atoms with van der Waals surface area (Å²) in [5, 5.41) is 0. The zero-order valence-corrected chi connectivity index (χ0v) is 10.9. The van der Waals surface area contributed by atoms with E-state index in [0.717, 1.165) is 0 Å². The zero-order valence-electron chi connectivity index (χ0n) is 10.1. The van der Waals surface area contributed by atoms with Crippen LogP contribution in [-0.4, -0.2) is 42.3 Å². The minimum absolute atomic E-state index is 0. The van der Waals surface area contributed by atoms with Crippen molar-refractivity contribution in [2.45, 2.75) is 26.7 Å². The fourth-order valence-electron chi connectivity index (χ4n) is 1.77. The van der Waals surface area contributed by atoms with Crippen LogP contribution in [0.2, 0.25) is 0 Å². The van der Waals surface area contributed by atoms with Gasteiger partial charge in [0, 0.05) is 26.4 Å². The molecule has 1 rings (SSSR count). The first-order chi connectivity index (χ1) is 7.56. The summed E-state index contributed by atoms with van der Waals surface area (Å²) in [4.78, 5) is 36.0. The molecule has 0 aromatic carbocycles. The highest BCUT2D eigenvalue weighted by molar-refractivity contribution is 5.99. The average molecular weight is 264 g/mol. The number of hydrogen-bond acceptors (Lipinski definition) is 4. The molecule has 1 saturated heterocycles. The molecule has 1 atom stereocenters. The largest absolute Gasteiger partial charge is 0.465 e. The van der Waals surface area contributed by atoms with Crippen LogP contribution in [0.25, 0.3) is 0 Å². The molecule has 1 fully saturated rings. The summed E-state index contributed by atoms with van der Waals surface area (Å²) in [5.41, 5.74) is 0. The Morgan fingerprint density at radius 1 is 1.47 bits per heavy atom. The molecule has 0 aliphatic carbocycles. The summed E-state index contributed by atoms with van der Waals surface area (Å²) in [6.45, 7) is 4.09. The van der Waals surface area contributed by atoms with Gasteiger partial charge in [-0.15, -0.1) is 12.4 Å². The first-order valence-corrected chi connectivity index (χ1v) is 5.51. The van der Waals surface area contributed by atoms with E-state index in [1.54, 1.807) is 6.92 Å². The maximum Gasteiger partial charge on any atom is 0.318 e. The average Bonchev–Trinajstić information content (AvgIpc) is 2.40. The van der Waals surface area contributed by atoms with Crippen molar-refractivity contribution in [3.8, 4) is 0 Å². The molecular weight excluding hydrogens is 246 g/mol. The van der Waals surface area contributed by atoms with E-state index in [1.165, 1.54) is 11.8 Å². The van der Waals surface area contributed by atoms with Gasteiger partial charge in [-0.05, 0) is 13.3 Å². The van der Waals surface area contributed by atoms with Gasteiger partial charge in [-0.2, -0.15) is 0 Å². The molecule has 1 aliphatic rings. The summed E-state index contributed by atoms with van der Waals surface area (Å²) in [6.07, 6.45) is 0.960. The fraction of sp³-hybridized carbons (Fsp3) is 0.727. The van der Waals surface area contributed by atoms with Gasteiger partial charge in [0.05, 0.1) is 6.61 Å². The van der Waals surface area contributed by atoms with Crippen LogP contribution in [0, 0.1) is 5.92 Å². The first kappa shape index (κ1) is 15.9. The third-order valence-corrected chi connectivity index (χ3v) is 2.66. The normalized spacial score (nSPS) is 20.2. The van der Waals surface area contributed by atoms with Gasteiger partial charge in [0.25, 0.3) is 0 Å². The quantitative estimate of drug-likeness (QED) is 0.546. The highest BCUT2D eigenvalue weighted by atomic mass is 35.5. The molecular formula is C11H18ClNO4. The number of likely N-dealkylation sites (tertiary alicyclic amines) is 1. The number of hydrogen-bond donors (Lipinski definition) is 0. The van der Waals surface area contributed by atoms with E-state index >= 15 is 0 Å². The predicted octanol–water partition coefficient (Wildman–Crippen LogP) is 0.799. The van der Waals surface area contributed by atoms with E-state index in [9.17, 15) is 14.4 Å².